The van der Waals surface area contributed by atoms with Crippen molar-refractivity contribution in [1.82, 2.24) is 0 Å². The molecule has 0 bridgehead atoms. The first-order valence-electron chi connectivity index (χ1n) is 5.90. The van der Waals surface area contributed by atoms with Crippen molar-refractivity contribution in [3.8, 4) is 11.5 Å². The third-order valence-electron chi connectivity index (χ3n) is 2.81. The van der Waals surface area contributed by atoms with E-state index in [1.807, 2.05) is 0 Å². The molecule has 1 aliphatic rings. The van der Waals surface area contributed by atoms with Crippen LogP contribution in [0.3, 0.4) is 0 Å². The van der Waals surface area contributed by atoms with Crippen LogP contribution in [0.1, 0.15) is 29.6 Å². The molecule has 1 fully saturated rings. The minimum atomic E-state index is -1.02. The van der Waals surface area contributed by atoms with Crippen molar-refractivity contribution >= 4 is 5.97 Å². The third-order valence-corrected chi connectivity index (χ3v) is 2.81. The molecule has 1 unspecified atom stereocenters. The monoisotopic (exact) mass is 252 g/mol. The molecule has 5 nitrogen and oxygen atoms in total. The average molecular weight is 252 g/mol. The Morgan fingerprint density at radius 3 is 2.89 bits per heavy atom. The Kier molecular flexibility index (Phi) is 4.04. The SMILES string of the molecule is COc1cc(OC2CCCCO2)ccc1C(=O)O. The fourth-order valence-electron chi connectivity index (χ4n) is 1.88. The van der Waals surface area contributed by atoms with Crippen LogP contribution in [0.25, 0.3) is 0 Å². The molecule has 0 aromatic heterocycles. The largest absolute Gasteiger partial charge is 0.496 e. The Balaban J connectivity index is 2.11. The van der Waals surface area contributed by atoms with Crippen molar-refractivity contribution in [3.05, 3.63) is 23.8 Å². The van der Waals surface area contributed by atoms with Crippen molar-refractivity contribution in [2.75, 3.05) is 13.7 Å². The van der Waals surface area contributed by atoms with Crippen LogP contribution in [-0.2, 0) is 4.74 Å². The van der Waals surface area contributed by atoms with E-state index in [0.29, 0.717) is 12.4 Å². The fraction of sp³-hybridized carbons (Fsp3) is 0.462. The van der Waals surface area contributed by atoms with Crippen LogP contribution in [0.5, 0.6) is 11.5 Å². The number of rotatable bonds is 4. The number of carboxylic acids is 1. The molecule has 1 saturated heterocycles. The third kappa shape index (κ3) is 2.92. The highest BCUT2D eigenvalue weighted by atomic mass is 16.7. The summed E-state index contributed by atoms with van der Waals surface area (Å²) in [6.45, 7) is 0.703. The number of hydrogen-bond acceptors (Lipinski definition) is 4. The summed E-state index contributed by atoms with van der Waals surface area (Å²) < 4.78 is 16.1. The smallest absolute Gasteiger partial charge is 0.339 e. The molecule has 1 aromatic carbocycles. The number of hydrogen-bond donors (Lipinski definition) is 1. The van der Waals surface area contributed by atoms with Crippen LogP contribution in [-0.4, -0.2) is 31.1 Å². The molecule has 0 spiro atoms. The molecule has 98 valence electrons. The predicted octanol–water partition coefficient (Wildman–Crippen LogP) is 2.30. The first-order valence-corrected chi connectivity index (χ1v) is 5.90. The summed E-state index contributed by atoms with van der Waals surface area (Å²) in [5, 5.41) is 8.96. The zero-order valence-electron chi connectivity index (χ0n) is 10.2. The van der Waals surface area contributed by atoms with Crippen LogP contribution < -0.4 is 9.47 Å². The molecule has 1 atom stereocenters. The van der Waals surface area contributed by atoms with Crippen molar-refractivity contribution in [2.45, 2.75) is 25.6 Å². The molecule has 5 heteroatoms. The summed E-state index contributed by atoms with van der Waals surface area (Å²) in [5.74, 6) is -0.174. The maximum Gasteiger partial charge on any atom is 0.339 e. The Hall–Kier alpha value is -1.75. The van der Waals surface area contributed by atoms with Crippen LogP contribution in [0, 0.1) is 0 Å². The van der Waals surface area contributed by atoms with Crippen molar-refractivity contribution in [3.63, 3.8) is 0 Å². The number of benzene rings is 1. The lowest BCUT2D eigenvalue weighted by Crippen LogP contribution is -2.25. The molecular weight excluding hydrogens is 236 g/mol. The lowest BCUT2D eigenvalue weighted by atomic mass is 10.2. The van der Waals surface area contributed by atoms with Gasteiger partial charge in [0.2, 0.25) is 0 Å². The van der Waals surface area contributed by atoms with Crippen molar-refractivity contribution in [2.24, 2.45) is 0 Å². The summed E-state index contributed by atoms with van der Waals surface area (Å²) in [4.78, 5) is 10.9. The van der Waals surface area contributed by atoms with Crippen LogP contribution in [0.15, 0.2) is 18.2 Å². The summed E-state index contributed by atoms with van der Waals surface area (Å²) in [6, 6.07) is 4.66. The van der Waals surface area contributed by atoms with E-state index < -0.39 is 5.97 Å². The van der Waals surface area contributed by atoms with Gasteiger partial charge in [-0.25, -0.2) is 4.79 Å². The van der Waals surface area contributed by atoms with Crippen molar-refractivity contribution < 1.29 is 24.1 Å². The number of ether oxygens (including phenoxy) is 3. The highest BCUT2D eigenvalue weighted by molar-refractivity contribution is 5.91. The van der Waals surface area contributed by atoms with Gasteiger partial charge in [0.25, 0.3) is 0 Å². The minimum absolute atomic E-state index is 0.120. The van der Waals surface area contributed by atoms with E-state index in [9.17, 15) is 4.79 Å². The van der Waals surface area contributed by atoms with Gasteiger partial charge in [0, 0.05) is 12.5 Å². The lowest BCUT2D eigenvalue weighted by molar-refractivity contribution is -0.105. The second-order valence-corrected chi connectivity index (χ2v) is 4.08. The van der Waals surface area contributed by atoms with Gasteiger partial charge in [-0.2, -0.15) is 0 Å². The highest BCUT2D eigenvalue weighted by Gasteiger charge is 2.17. The maximum absolute atomic E-state index is 10.9. The van der Waals surface area contributed by atoms with Gasteiger partial charge in [-0.3, -0.25) is 0 Å². The zero-order valence-corrected chi connectivity index (χ0v) is 10.2. The second-order valence-electron chi connectivity index (χ2n) is 4.08. The Bertz CT molecular complexity index is 423. The minimum Gasteiger partial charge on any atom is -0.496 e. The number of methoxy groups -OCH3 is 1. The van der Waals surface area contributed by atoms with Gasteiger partial charge >= 0.3 is 5.97 Å². The van der Waals surface area contributed by atoms with E-state index in [2.05, 4.69) is 0 Å². The molecule has 0 saturated carbocycles. The van der Waals surface area contributed by atoms with Gasteiger partial charge in [-0.15, -0.1) is 0 Å². The van der Waals surface area contributed by atoms with Crippen LogP contribution in [0.4, 0.5) is 0 Å². The molecule has 1 aliphatic heterocycles. The quantitative estimate of drug-likeness (QED) is 0.890. The van der Waals surface area contributed by atoms with E-state index in [1.165, 1.54) is 13.2 Å². The number of aromatic carboxylic acids is 1. The average Bonchev–Trinajstić information content (AvgIpc) is 2.39. The van der Waals surface area contributed by atoms with Gasteiger partial charge in [0.15, 0.2) is 6.29 Å². The maximum atomic E-state index is 10.9. The molecule has 1 aromatic rings. The van der Waals surface area contributed by atoms with E-state index >= 15 is 0 Å². The van der Waals surface area contributed by atoms with Gasteiger partial charge in [-0.1, -0.05) is 0 Å². The Morgan fingerprint density at radius 1 is 1.44 bits per heavy atom. The molecule has 1 heterocycles. The lowest BCUT2D eigenvalue weighted by Gasteiger charge is -2.23. The van der Waals surface area contributed by atoms with Gasteiger partial charge in [0.05, 0.1) is 13.7 Å². The molecular formula is C13H16O5. The molecule has 0 amide bonds. The van der Waals surface area contributed by atoms with E-state index in [1.54, 1.807) is 12.1 Å². The normalized spacial score (nSPS) is 19.3. The summed E-state index contributed by atoms with van der Waals surface area (Å²) in [6.07, 6.45) is 2.73. The van der Waals surface area contributed by atoms with Crippen molar-refractivity contribution in [1.29, 1.82) is 0 Å². The van der Waals surface area contributed by atoms with Gasteiger partial charge in [-0.05, 0) is 25.0 Å². The predicted molar refractivity (Wildman–Crippen MR) is 64.2 cm³/mol. The van der Waals surface area contributed by atoms with Gasteiger partial charge in [0.1, 0.15) is 17.1 Å². The fourth-order valence-corrected chi connectivity index (χ4v) is 1.88. The zero-order chi connectivity index (χ0) is 13.0. The van der Waals surface area contributed by atoms with Crippen LogP contribution in [0.2, 0.25) is 0 Å². The second kappa shape index (κ2) is 5.73. The van der Waals surface area contributed by atoms with E-state index in [4.69, 9.17) is 19.3 Å². The summed E-state index contributed by atoms with van der Waals surface area (Å²) in [7, 11) is 1.43. The first-order chi connectivity index (χ1) is 8.70. The molecule has 0 radical (unpaired) electrons. The number of carbonyl (C=O) groups is 1. The topological polar surface area (TPSA) is 65.0 Å². The summed E-state index contributed by atoms with van der Waals surface area (Å²) >= 11 is 0. The standard InChI is InChI=1S/C13H16O5/c1-16-11-8-9(5-6-10(11)13(14)15)18-12-4-2-3-7-17-12/h5-6,8,12H,2-4,7H2,1H3,(H,14,15). The highest BCUT2D eigenvalue weighted by Crippen LogP contribution is 2.27. The Labute approximate surface area is 105 Å². The van der Waals surface area contributed by atoms with Crippen LogP contribution >= 0.6 is 0 Å². The first kappa shape index (κ1) is 12.7. The summed E-state index contributed by atoms with van der Waals surface area (Å²) in [5.41, 5.74) is 0.120. The van der Waals surface area contributed by atoms with E-state index in [0.717, 1.165) is 19.3 Å². The number of carboxylic acid groups (broad SMARTS) is 1. The molecule has 2 rings (SSSR count). The molecule has 18 heavy (non-hydrogen) atoms. The van der Waals surface area contributed by atoms with E-state index in [-0.39, 0.29) is 17.6 Å². The molecule has 1 N–H and O–H groups in total. The van der Waals surface area contributed by atoms with Gasteiger partial charge < -0.3 is 19.3 Å². The Morgan fingerprint density at radius 2 is 2.28 bits per heavy atom. The molecule has 0 aliphatic carbocycles.